The third kappa shape index (κ3) is 5.42. The maximum absolute atomic E-state index is 14.6. The number of amides is 1. The van der Waals surface area contributed by atoms with Crippen LogP contribution in [0.4, 0.5) is 8.78 Å². The second-order valence-corrected chi connectivity index (χ2v) is 9.11. The Labute approximate surface area is 167 Å². The lowest BCUT2D eigenvalue weighted by Crippen LogP contribution is -2.58. The molecule has 28 heavy (non-hydrogen) atoms. The second kappa shape index (κ2) is 9.81. The van der Waals surface area contributed by atoms with E-state index >= 15 is 0 Å². The molecule has 3 aliphatic rings. The first-order chi connectivity index (χ1) is 13.4. The summed E-state index contributed by atoms with van der Waals surface area (Å²) in [6.45, 7) is 4.07. The number of hydrazine groups is 1. The minimum atomic E-state index is -3.00. The van der Waals surface area contributed by atoms with Crippen LogP contribution in [0.3, 0.4) is 0 Å². The van der Waals surface area contributed by atoms with Gasteiger partial charge in [0.25, 0.3) is 5.92 Å². The van der Waals surface area contributed by atoms with E-state index < -0.39 is 24.6 Å². The maximum atomic E-state index is 14.6. The van der Waals surface area contributed by atoms with Gasteiger partial charge in [-0.05, 0) is 26.2 Å². The van der Waals surface area contributed by atoms with Crippen LogP contribution in [0.2, 0.25) is 0 Å². The lowest BCUT2D eigenvalue weighted by molar-refractivity contribution is -0.190. The minimum absolute atomic E-state index is 0.183. The van der Waals surface area contributed by atoms with Gasteiger partial charge in [0.1, 0.15) is 12.1 Å². The van der Waals surface area contributed by atoms with E-state index in [1.54, 1.807) is 13.8 Å². The number of hydrogen-bond acceptors (Lipinski definition) is 4. The van der Waals surface area contributed by atoms with Gasteiger partial charge in [-0.15, -0.1) is 0 Å². The fourth-order valence-electron chi connectivity index (χ4n) is 5.09. The van der Waals surface area contributed by atoms with Crippen molar-refractivity contribution in [3.05, 3.63) is 0 Å². The Bertz CT molecular complexity index is 508. The molecule has 2 N–H and O–H groups in total. The van der Waals surface area contributed by atoms with E-state index in [0.717, 1.165) is 19.4 Å². The van der Waals surface area contributed by atoms with Crippen LogP contribution in [-0.4, -0.2) is 54.6 Å². The van der Waals surface area contributed by atoms with E-state index in [-0.39, 0.29) is 24.3 Å². The molecule has 1 aliphatic carbocycles. The standard InChI is InChI=1S/C21H37F2N3O2/c1-15(2)28-18-11-12-26(14-21(18,22)23)20(27)19-17(13-24-25-19)16-9-7-5-3-4-6-8-10-16/h15-19,24-25H,3-14H2,1-2H3/t17?,18-,19?/m0/s1. The first-order valence-electron chi connectivity index (χ1n) is 11.2. The highest BCUT2D eigenvalue weighted by molar-refractivity contribution is 5.82. The number of nitrogens with zero attached hydrogens (tertiary/aromatic N) is 1. The number of likely N-dealkylation sites (tertiary alicyclic amines) is 1. The SMILES string of the molecule is CC(C)O[C@H]1CCN(C(=O)C2NNCC2C2CCCCCCCC2)CC1(F)F. The summed E-state index contributed by atoms with van der Waals surface area (Å²) in [6.07, 6.45) is 8.66. The fraction of sp³-hybridized carbons (Fsp3) is 0.952. The molecule has 3 fully saturated rings. The number of halogens is 2. The molecule has 2 aliphatic heterocycles. The van der Waals surface area contributed by atoms with E-state index in [1.165, 1.54) is 43.4 Å². The fourth-order valence-corrected chi connectivity index (χ4v) is 5.09. The highest BCUT2D eigenvalue weighted by Gasteiger charge is 2.49. The summed E-state index contributed by atoms with van der Waals surface area (Å²) in [5, 5.41) is 0. The quantitative estimate of drug-likeness (QED) is 0.757. The van der Waals surface area contributed by atoms with Crippen molar-refractivity contribution in [2.45, 2.75) is 95.8 Å². The average molecular weight is 402 g/mol. The van der Waals surface area contributed by atoms with Gasteiger partial charge in [0.05, 0.1) is 12.6 Å². The number of alkyl halides is 2. The summed E-state index contributed by atoms with van der Waals surface area (Å²) in [6, 6.07) is -0.399. The number of nitrogens with one attached hydrogen (secondary N) is 2. The van der Waals surface area contributed by atoms with Crippen molar-refractivity contribution in [3.63, 3.8) is 0 Å². The molecule has 0 radical (unpaired) electrons. The summed E-state index contributed by atoms with van der Waals surface area (Å²) in [4.78, 5) is 14.5. The molecular formula is C21H37F2N3O2. The molecule has 7 heteroatoms. The number of carbonyl (C=O) groups excluding carboxylic acids is 1. The third-order valence-electron chi connectivity index (χ3n) is 6.58. The molecule has 0 aromatic heterocycles. The first kappa shape index (κ1) is 21.9. The van der Waals surface area contributed by atoms with Gasteiger partial charge in [0, 0.05) is 19.0 Å². The summed E-state index contributed by atoms with van der Waals surface area (Å²) < 4.78 is 34.5. The lowest BCUT2D eigenvalue weighted by Gasteiger charge is -2.40. The zero-order chi connectivity index (χ0) is 20.1. The Morgan fingerprint density at radius 1 is 1.07 bits per heavy atom. The monoisotopic (exact) mass is 401 g/mol. The molecule has 0 aromatic rings. The molecule has 2 heterocycles. The zero-order valence-electron chi connectivity index (χ0n) is 17.4. The van der Waals surface area contributed by atoms with Gasteiger partial charge < -0.3 is 9.64 Å². The molecule has 162 valence electrons. The third-order valence-corrected chi connectivity index (χ3v) is 6.58. The van der Waals surface area contributed by atoms with Crippen molar-refractivity contribution in [2.24, 2.45) is 11.8 Å². The topological polar surface area (TPSA) is 53.6 Å². The Kier molecular flexibility index (Phi) is 7.67. The average Bonchev–Trinajstić information content (AvgIpc) is 3.15. The van der Waals surface area contributed by atoms with Crippen LogP contribution in [0.5, 0.6) is 0 Å². The number of piperidine rings is 1. The molecule has 1 saturated carbocycles. The van der Waals surface area contributed by atoms with Crippen LogP contribution in [0.25, 0.3) is 0 Å². The summed E-state index contributed by atoms with van der Waals surface area (Å²) in [7, 11) is 0. The van der Waals surface area contributed by atoms with Crippen LogP contribution < -0.4 is 10.9 Å². The molecule has 2 saturated heterocycles. The highest BCUT2D eigenvalue weighted by Crippen LogP contribution is 2.34. The van der Waals surface area contributed by atoms with Gasteiger partial charge in [-0.1, -0.05) is 51.4 Å². The van der Waals surface area contributed by atoms with Crippen molar-refractivity contribution in [1.29, 1.82) is 0 Å². The minimum Gasteiger partial charge on any atom is -0.369 e. The van der Waals surface area contributed by atoms with Gasteiger partial charge in [-0.3, -0.25) is 10.2 Å². The van der Waals surface area contributed by atoms with Crippen LogP contribution >= 0.6 is 0 Å². The van der Waals surface area contributed by atoms with Gasteiger partial charge in [0.2, 0.25) is 5.91 Å². The highest BCUT2D eigenvalue weighted by atomic mass is 19.3. The van der Waals surface area contributed by atoms with Crippen LogP contribution in [-0.2, 0) is 9.53 Å². The Morgan fingerprint density at radius 3 is 2.32 bits per heavy atom. The van der Waals surface area contributed by atoms with Crippen molar-refractivity contribution in [2.75, 3.05) is 19.6 Å². The first-order valence-corrected chi connectivity index (χ1v) is 11.2. The summed E-state index contributed by atoms with van der Waals surface area (Å²) in [5.41, 5.74) is 6.24. The van der Waals surface area contributed by atoms with Crippen molar-refractivity contribution in [3.8, 4) is 0 Å². The molecule has 3 rings (SSSR count). The van der Waals surface area contributed by atoms with Gasteiger partial charge >= 0.3 is 0 Å². The predicted octanol–water partition coefficient (Wildman–Crippen LogP) is 3.49. The largest absolute Gasteiger partial charge is 0.369 e. The number of hydrogen-bond donors (Lipinski definition) is 2. The summed E-state index contributed by atoms with van der Waals surface area (Å²) >= 11 is 0. The summed E-state index contributed by atoms with van der Waals surface area (Å²) in [5.74, 6) is -2.52. The van der Waals surface area contributed by atoms with Gasteiger partial charge in [-0.2, -0.15) is 0 Å². The molecule has 0 spiro atoms. The van der Waals surface area contributed by atoms with Crippen LogP contribution in [0, 0.1) is 11.8 Å². The molecule has 1 amide bonds. The van der Waals surface area contributed by atoms with Crippen LogP contribution in [0.15, 0.2) is 0 Å². The normalized spacial score (nSPS) is 32.8. The van der Waals surface area contributed by atoms with Gasteiger partial charge in [0.15, 0.2) is 0 Å². The smallest absolute Gasteiger partial charge is 0.290 e. The zero-order valence-corrected chi connectivity index (χ0v) is 17.4. The van der Waals surface area contributed by atoms with E-state index in [1.807, 2.05) is 0 Å². The maximum Gasteiger partial charge on any atom is 0.290 e. The van der Waals surface area contributed by atoms with Crippen molar-refractivity contribution >= 4 is 5.91 Å². The number of rotatable bonds is 4. The lowest BCUT2D eigenvalue weighted by atomic mass is 9.80. The number of carbonyl (C=O) groups is 1. The molecule has 2 unspecified atom stereocenters. The van der Waals surface area contributed by atoms with Crippen LogP contribution in [0.1, 0.15) is 71.6 Å². The van der Waals surface area contributed by atoms with E-state index in [0.29, 0.717) is 12.5 Å². The Morgan fingerprint density at radius 2 is 1.71 bits per heavy atom. The van der Waals surface area contributed by atoms with Gasteiger partial charge in [-0.25, -0.2) is 14.2 Å². The molecule has 0 bridgehead atoms. The molecule has 5 nitrogen and oxygen atoms in total. The molecular weight excluding hydrogens is 364 g/mol. The molecule has 3 atom stereocenters. The van der Waals surface area contributed by atoms with E-state index in [9.17, 15) is 13.6 Å². The predicted molar refractivity (Wildman–Crippen MR) is 105 cm³/mol. The van der Waals surface area contributed by atoms with Crippen molar-refractivity contribution in [1.82, 2.24) is 15.8 Å². The molecule has 0 aromatic carbocycles. The Hall–Kier alpha value is -0.790. The second-order valence-electron chi connectivity index (χ2n) is 9.11. The van der Waals surface area contributed by atoms with E-state index in [2.05, 4.69) is 10.9 Å². The Balaban J connectivity index is 1.62. The van der Waals surface area contributed by atoms with Crippen molar-refractivity contribution < 1.29 is 18.3 Å². The number of ether oxygens (including phenoxy) is 1. The van der Waals surface area contributed by atoms with E-state index in [4.69, 9.17) is 4.74 Å².